The Kier molecular flexibility index (Phi) is 4.62. The molecule has 3 aromatic heterocycles. The molecule has 0 saturated carbocycles. The Hall–Kier alpha value is -4.29. The van der Waals surface area contributed by atoms with E-state index in [4.69, 9.17) is 9.15 Å². The van der Waals surface area contributed by atoms with Crippen LogP contribution in [-0.2, 0) is 16.9 Å². The minimum atomic E-state index is -1.63. The van der Waals surface area contributed by atoms with E-state index in [1.54, 1.807) is 47.6 Å². The van der Waals surface area contributed by atoms with Crippen molar-refractivity contribution < 1.29 is 28.2 Å². The van der Waals surface area contributed by atoms with Gasteiger partial charge in [0.15, 0.2) is 29.0 Å². The van der Waals surface area contributed by atoms with E-state index in [1.165, 1.54) is 18.1 Å². The van der Waals surface area contributed by atoms with E-state index < -0.39 is 29.5 Å². The molecule has 2 amide bonds. The van der Waals surface area contributed by atoms with Gasteiger partial charge in [-0.1, -0.05) is 6.07 Å². The predicted molar refractivity (Wildman–Crippen MR) is 118 cm³/mol. The van der Waals surface area contributed by atoms with Crippen molar-refractivity contribution in [3.05, 3.63) is 71.8 Å². The third-order valence-corrected chi connectivity index (χ3v) is 6.29. The molecule has 0 bridgehead atoms. The van der Waals surface area contributed by atoms with E-state index >= 15 is 0 Å². The maximum atomic E-state index is 14.8. The van der Waals surface area contributed by atoms with Crippen LogP contribution in [0, 0.1) is 5.82 Å². The molecule has 0 spiro atoms. The number of imidazole rings is 1. The summed E-state index contributed by atoms with van der Waals surface area (Å²) in [6.45, 7) is -0.148. The fourth-order valence-electron chi connectivity index (χ4n) is 4.59. The van der Waals surface area contributed by atoms with E-state index in [-0.39, 0.29) is 30.2 Å². The molecule has 1 aromatic carbocycles. The van der Waals surface area contributed by atoms with Crippen LogP contribution in [0.2, 0.25) is 0 Å². The molecule has 5 heterocycles. The van der Waals surface area contributed by atoms with Crippen LogP contribution in [0.15, 0.2) is 53.5 Å². The van der Waals surface area contributed by atoms with E-state index in [0.717, 1.165) is 0 Å². The Morgan fingerprint density at radius 2 is 2.17 bits per heavy atom. The van der Waals surface area contributed by atoms with E-state index in [2.05, 4.69) is 20.6 Å². The smallest absolute Gasteiger partial charge is 0.257 e. The summed E-state index contributed by atoms with van der Waals surface area (Å²) in [5.74, 6) is -1.24. The Balaban J connectivity index is 1.39. The second-order valence-electron chi connectivity index (χ2n) is 8.34. The average Bonchev–Trinajstić information content (AvgIpc) is 3.61. The van der Waals surface area contributed by atoms with Crippen LogP contribution in [-0.4, -0.2) is 56.4 Å². The van der Waals surface area contributed by atoms with Gasteiger partial charge in [0.1, 0.15) is 23.4 Å². The second kappa shape index (κ2) is 7.61. The molecule has 1 fully saturated rings. The maximum absolute atomic E-state index is 14.8. The summed E-state index contributed by atoms with van der Waals surface area (Å²) in [5, 5.41) is 15.4. The molecule has 0 radical (unpaired) electrons. The largest absolute Gasteiger partial charge is 0.494 e. The number of aromatic nitrogens is 3. The zero-order valence-corrected chi connectivity index (χ0v) is 18.4. The first-order valence-corrected chi connectivity index (χ1v) is 10.7. The predicted octanol–water partition coefficient (Wildman–Crippen LogP) is 1.01. The standard InChI is InChI=1S/C23H19FN6O5/c1-34-15-3-2-12-9-30(20(31)18(12)19(15)24)10-23(21(32)27-22(33)28-23)16-8-13-14(35-16)4-5-17(26-13)29-7-6-25-11-29/h2-8,11,22,28,33H,9-10H2,1H3,(H,27,32). The Morgan fingerprint density at radius 3 is 2.89 bits per heavy atom. The zero-order chi connectivity index (χ0) is 24.3. The normalized spacial score (nSPS) is 21.6. The van der Waals surface area contributed by atoms with Gasteiger partial charge in [-0.3, -0.25) is 19.5 Å². The lowest BCUT2D eigenvalue weighted by molar-refractivity contribution is -0.125. The third-order valence-electron chi connectivity index (χ3n) is 6.29. The van der Waals surface area contributed by atoms with Crippen molar-refractivity contribution in [1.82, 2.24) is 30.1 Å². The molecule has 1 saturated heterocycles. The van der Waals surface area contributed by atoms with Gasteiger partial charge >= 0.3 is 0 Å². The summed E-state index contributed by atoms with van der Waals surface area (Å²) < 4.78 is 27.5. The number of nitrogens with one attached hydrogen (secondary N) is 2. The molecule has 4 aromatic rings. The highest BCUT2D eigenvalue weighted by molar-refractivity contribution is 6.00. The fourth-order valence-corrected chi connectivity index (χ4v) is 4.59. The fraction of sp³-hybridized carbons (Fsp3) is 0.217. The summed E-state index contributed by atoms with van der Waals surface area (Å²) >= 11 is 0. The highest BCUT2D eigenvalue weighted by Gasteiger charge is 2.53. The van der Waals surface area contributed by atoms with Crippen molar-refractivity contribution in [2.45, 2.75) is 18.4 Å². The molecule has 2 aliphatic rings. The molecular weight excluding hydrogens is 459 g/mol. The summed E-state index contributed by atoms with van der Waals surface area (Å²) in [5.41, 5.74) is -0.388. The van der Waals surface area contributed by atoms with Crippen molar-refractivity contribution in [2.24, 2.45) is 0 Å². The molecule has 2 aliphatic heterocycles. The highest BCUT2D eigenvalue weighted by Crippen LogP contribution is 2.36. The number of hydrogen-bond acceptors (Lipinski definition) is 8. The van der Waals surface area contributed by atoms with Crippen molar-refractivity contribution >= 4 is 22.9 Å². The highest BCUT2D eigenvalue weighted by atomic mass is 19.1. The summed E-state index contributed by atoms with van der Waals surface area (Å²) in [6.07, 6.45) is 3.59. The molecule has 3 N–H and O–H groups in total. The lowest BCUT2D eigenvalue weighted by Crippen LogP contribution is -2.53. The van der Waals surface area contributed by atoms with Gasteiger partial charge < -0.3 is 24.5 Å². The number of rotatable bonds is 5. The monoisotopic (exact) mass is 478 g/mol. The molecule has 2 unspecified atom stereocenters. The van der Waals surface area contributed by atoms with Crippen LogP contribution in [0.25, 0.3) is 16.9 Å². The number of pyridine rings is 1. The van der Waals surface area contributed by atoms with Crippen LogP contribution in [0.3, 0.4) is 0 Å². The number of carbonyl (C=O) groups is 2. The maximum Gasteiger partial charge on any atom is 0.257 e. The summed E-state index contributed by atoms with van der Waals surface area (Å²) in [6, 6.07) is 8.08. The van der Waals surface area contributed by atoms with Crippen LogP contribution in [0.1, 0.15) is 21.7 Å². The first kappa shape index (κ1) is 21.3. The first-order valence-electron chi connectivity index (χ1n) is 10.7. The SMILES string of the molecule is COc1ccc2c(c1F)C(=O)N(CC1(c3cc4nc(-n5ccnc5)ccc4o3)NC(O)NC1=O)C2. The molecule has 11 nitrogen and oxygen atoms in total. The Morgan fingerprint density at radius 1 is 1.31 bits per heavy atom. The van der Waals surface area contributed by atoms with E-state index in [9.17, 15) is 19.1 Å². The van der Waals surface area contributed by atoms with E-state index in [0.29, 0.717) is 22.5 Å². The van der Waals surface area contributed by atoms with Gasteiger partial charge in [-0.15, -0.1) is 0 Å². The number of aliphatic hydroxyl groups excluding tert-OH is 1. The molecule has 0 aliphatic carbocycles. The van der Waals surface area contributed by atoms with E-state index in [1.807, 2.05) is 0 Å². The van der Waals surface area contributed by atoms with Gasteiger partial charge in [0.2, 0.25) is 0 Å². The molecular formula is C23H19FN6O5. The van der Waals surface area contributed by atoms with Gasteiger partial charge in [-0.2, -0.15) is 0 Å². The number of fused-ring (bicyclic) bond motifs is 2. The topological polar surface area (TPSA) is 135 Å². The zero-order valence-electron chi connectivity index (χ0n) is 18.4. The number of furan rings is 1. The minimum Gasteiger partial charge on any atom is -0.494 e. The number of amides is 2. The second-order valence-corrected chi connectivity index (χ2v) is 8.34. The number of hydrogen-bond donors (Lipinski definition) is 3. The Bertz CT molecular complexity index is 1490. The Labute approximate surface area is 197 Å². The van der Waals surface area contributed by atoms with Crippen LogP contribution >= 0.6 is 0 Å². The lowest BCUT2D eigenvalue weighted by atomic mass is 9.95. The van der Waals surface area contributed by atoms with Gasteiger partial charge in [0.25, 0.3) is 11.8 Å². The van der Waals surface area contributed by atoms with Crippen LogP contribution in [0.5, 0.6) is 5.75 Å². The number of nitrogens with zero attached hydrogens (tertiary/aromatic N) is 4. The third kappa shape index (κ3) is 3.18. The summed E-state index contributed by atoms with van der Waals surface area (Å²) in [4.78, 5) is 36.2. The number of aliphatic hydroxyl groups is 1. The minimum absolute atomic E-state index is 0.0436. The summed E-state index contributed by atoms with van der Waals surface area (Å²) in [7, 11) is 1.32. The lowest BCUT2D eigenvalue weighted by Gasteiger charge is -2.29. The first-order chi connectivity index (χ1) is 16.9. The molecule has 2 atom stereocenters. The van der Waals surface area contributed by atoms with Gasteiger partial charge in [-0.25, -0.2) is 14.4 Å². The number of ether oxygens (including phenoxy) is 1. The van der Waals surface area contributed by atoms with Gasteiger partial charge in [-0.05, 0) is 23.8 Å². The van der Waals surface area contributed by atoms with Crippen LogP contribution in [0.4, 0.5) is 4.39 Å². The quantitative estimate of drug-likeness (QED) is 0.387. The number of methoxy groups -OCH3 is 1. The molecule has 6 rings (SSSR count). The van der Waals surface area contributed by atoms with Crippen molar-refractivity contribution in [3.8, 4) is 11.6 Å². The van der Waals surface area contributed by atoms with Crippen molar-refractivity contribution in [1.29, 1.82) is 0 Å². The molecule has 178 valence electrons. The van der Waals surface area contributed by atoms with Crippen molar-refractivity contribution in [3.63, 3.8) is 0 Å². The van der Waals surface area contributed by atoms with Crippen LogP contribution < -0.4 is 15.4 Å². The molecule has 35 heavy (non-hydrogen) atoms. The number of benzene rings is 1. The number of carbonyl (C=O) groups excluding carboxylic acids is 2. The number of halogens is 1. The van der Waals surface area contributed by atoms with Crippen molar-refractivity contribution in [2.75, 3.05) is 13.7 Å². The molecule has 12 heteroatoms. The van der Waals surface area contributed by atoms with Gasteiger partial charge in [0.05, 0.1) is 19.2 Å². The van der Waals surface area contributed by atoms with Gasteiger partial charge in [0, 0.05) is 25.0 Å². The average molecular weight is 478 g/mol.